The van der Waals surface area contributed by atoms with E-state index in [9.17, 15) is 18.0 Å². The summed E-state index contributed by atoms with van der Waals surface area (Å²) in [6.07, 6.45) is -3.49. The number of halogens is 4. The Kier molecular flexibility index (Phi) is 3.53. The number of carbonyl (C=O) groups is 1. The number of methoxy groups -OCH3 is 1. The highest BCUT2D eigenvalue weighted by Crippen LogP contribution is 2.34. The van der Waals surface area contributed by atoms with Crippen LogP contribution >= 0.6 is 22.6 Å². The van der Waals surface area contributed by atoms with Crippen LogP contribution in [-0.4, -0.2) is 18.1 Å². The molecule has 1 aromatic rings. The lowest BCUT2D eigenvalue weighted by atomic mass is 10.1. The second kappa shape index (κ2) is 4.33. The molecule has 0 atom stereocenters. The number of hydrogen-bond acceptors (Lipinski definition) is 3. The number of aromatic nitrogens is 1. The van der Waals surface area contributed by atoms with Gasteiger partial charge in [0.15, 0.2) is 0 Å². The molecule has 0 amide bonds. The van der Waals surface area contributed by atoms with Crippen molar-refractivity contribution in [2.24, 2.45) is 0 Å². The fraction of sp³-hybridized carbons (Fsp3) is 0.250. The quantitative estimate of drug-likeness (QED) is 0.451. The third-order valence-corrected chi connectivity index (χ3v) is 2.41. The third kappa shape index (κ3) is 2.58. The van der Waals surface area contributed by atoms with Crippen LogP contribution < -0.4 is 0 Å². The van der Waals surface area contributed by atoms with Gasteiger partial charge >= 0.3 is 12.1 Å². The van der Waals surface area contributed by atoms with E-state index in [4.69, 9.17) is 0 Å². The summed E-state index contributed by atoms with van der Waals surface area (Å²) in [6.45, 7) is 0. The molecule has 7 heteroatoms. The zero-order valence-corrected chi connectivity index (χ0v) is 9.59. The number of nitrogens with zero attached hydrogens (tertiary/aromatic N) is 1. The van der Waals surface area contributed by atoms with Crippen molar-refractivity contribution in [3.8, 4) is 0 Å². The summed E-state index contributed by atoms with van der Waals surface area (Å²) < 4.78 is 41.6. The molecule has 0 fully saturated rings. The minimum absolute atomic E-state index is 0.275. The van der Waals surface area contributed by atoms with Crippen LogP contribution in [-0.2, 0) is 10.9 Å². The SMILES string of the molecule is COC(=O)c1ccnc(I)c1C(F)(F)F. The molecule has 0 saturated heterocycles. The van der Waals surface area contributed by atoms with Crippen LogP contribution in [0.5, 0.6) is 0 Å². The number of pyridine rings is 1. The monoisotopic (exact) mass is 331 g/mol. The molecule has 1 rings (SSSR count). The number of rotatable bonds is 1. The summed E-state index contributed by atoms with van der Waals surface area (Å²) in [5.74, 6) is -1.03. The van der Waals surface area contributed by atoms with E-state index in [1.165, 1.54) is 22.6 Å². The Morgan fingerprint density at radius 1 is 1.53 bits per heavy atom. The van der Waals surface area contributed by atoms with E-state index in [2.05, 4.69) is 9.72 Å². The minimum Gasteiger partial charge on any atom is -0.465 e. The smallest absolute Gasteiger partial charge is 0.419 e. The predicted molar refractivity (Wildman–Crippen MR) is 53.3 cm³/mol. The summed E-state index contributed by atoms with van der Waals surface area (Å²) in [4.78, 5) is 14.6. The highest BCUT2D eigenvalue weighted by molar-refractivity contribution is 14.1. The molecular formula is C8H5F3INO2. The molecule has 0 aliphatic carbocycles. The van der Waals surface area contributed by atoms with Crippen LogP contribution in [0.1, 0.15) is 15.9 Å². The largest absolute Gasteiger partial charge is 0.465 e. The lowest BCUT2D eigenvalue weighted by molar-refractivity contribution is -0.139. The van der Waals surface area contributed by atoms with Crippen molar-refractivity contribution >= 4 is 28.6 Å². The molecule has 0 unspecified atom stereocenters. The van der Waals surface area contributed by atoms with Gasteiger partial charge in [-0.15, -0.1) is 0 Å². The Hall–Kier alpha value is -0.860. The normalized spacial score (nSPS) is 11.3. The first kappa shape index (κ1) is 12.2. The van der Waals surface area contributed by atoms with Crippen LogP contribution in [0.3, 0.4) is 0 Å². The summed E-state index contributed by atoms with van der Waals surface area (Å²) >= 11 is 1.42. The summed E-state index contributed by atoms with van der Waals surface area (Å²) in [7, 11) is 1.02. The van der Waals surface area contributed by atoms with Crippen LogP contribution in [0.15, 0.2) is 12.3 Å². The molecule has 0 radical (unpaired) electrons. The van der Waals surface area contributed by atoms with Gasteiger partial charge in [0.25, 0.3) is 0 Å². The minimum atomic E-state index is -4.62. The van der Waals surface area contributed by atoms with Gasteiger partial charge in [-0.05, 0) is 28.7 Å². The molecule has 3 nitrogen and oxygen atoms in total. The first-order valence-corrected chi connectivity index (χ1v) is 4.75. The number of esters is 1. The van der Waals surface area contributed by atoms with Gasteiger partial charge in [-0.1, -0.05) is 0 Å². The Morgan fingerprint density at radius 2 is 2.13 bits per heavy atom. The number of carbonyl (C=O) groups excluding carboxylic acids is 1. The van der Waals surface area contributed by atoms with Gasteiger partial charge in [0.1, 0.15) is 9.26 Å². The van der Waals surface area contributed by atoms with Crippen molar-refractivity contribution in [1.82, 2.24) is 4.98 Å². The van der Waals surface area contributed by atoms with E-state index < -0.39 is 23.3 Å². The van der Waals surface area contributed by atoms with E-state index in [1.807, 2.05) is 0 Å². The van der Waals surface area contributed by atoms with Crippen molar-refractivity contribution in [3.05, 3.63) is 27.1 Å². The predicted octanol–water partition coefficient (Wildman–Crippen LogP) is 2.49. The van der Waals surface area contributed by atoms with E-state index >= 15 is 0 Å². The van der Waals surface area contributed by atoms with Gasteiger partial charge in [0.2, 0.25) is 0 Å². The molecule has 0 spiro atoms. The highest BCUT2D eigenvalue weighted by atomic mass is 127. The average Bonchev–Trinajstić information content (AvgIpc) is 2.14. The fourth-order valence-electron chi connectivity index (χ4n) is 0.986. The number of hydrogen-bond donors (Lipinski definition) is 0. The average molecular weight is 331 g/mol. The maximum atomic E-state index is 12.6. The van der Waals surface area contributed by atoms with E-state index in [0.29, 0.717) is 0 Å². The molecule has 0 N–H and O–H groups in total. The molecule has 82 valence electrons. The van der Waals surface area contributed by atoms with Crippen LogP contribution in [0.2, 0.25) is 0 Å². The van der Waals surface area contributed by atoms with Gasteiger partial charge in [-0.25, -0.2) is 9.78 Å². The second-order valence-electron chi connectivity index (χ2n) is 2.51. The molecule has 0 aliphatic rings. The number of alkyl halides is 3. The lowest BCUT2D eigenvalue weighted by Crippen LogP contribution is -2.16. The Balaban J connectivity index is 3.40. The van der Waals surface area contributed by atoms with Gasteiger partial charge in [-0.3, -0.25) is 0 Å². The molecule has 0 saturated carbocycles. The van der Waals surface area contributed by atoms with E-state index in [1.54, 1.807) is 0 Å². The molecule has 15 heavy (non-hydrogen) atoms. The van der Waals surface area contributed by atoms with E-state index in [0.717, 1.165) is 19.4 Å². The van der Waals surface area contributed by atoms with Gasteiger partial charge in [-0.2, -0.15) is 13.2 Å². The Bertz CT molecular complexity index is 392. The first-order valence-electron chi connectivity index (χ1n) is 3.68. The topological polar surface area (TPSA) is 39.2 Å². The van der Waals surface area contributed by atoms with Gasteiger partial charge in [0, 0.05) is 6.20 Å². The molecule has 0 aromatic carbocycles. The molecule has 0 aliphatic heterocycles. The Labute approximate surface area is 96.8 Å². The van der Waals surface area contributed by atoms with E-state index in [-0.39, 0.29) is 3.70 Å². The molecule has 1 aromatic heterocycles. The van der Waals surface area contributed by atoms with Crippen molar-refractivity contribution in [1.29, 1.82) is 0 Å². The second-order valence-corrected chi connectivity index (χ2v) is 3.54. The van der Waals surface area contributed by atoms with Gasteiger partial charge < -0.3 is 4.74 Å². The van der Waals surface area contributed by atoms with Crippen molar-refractivity contribution in [2.45, 2.75) is 6.18 Å². The van der Waals surface area contributed by atoms with Crippen LogP contribution in [0, 0.1) is 3.70 Å². The Morgan fingerprint density at radius 3 is 2.60 bits per heavy atom. The molecule has 0 bridgehead atoms. The highest BCUT2D eigenvalue weighted by Gasteiger charge is 2.38. The summed E-state index contributed by atoms with van der Waals surface area (Å²) in [6, 6.07) is 0.983. The van der Waals surface area contributed by atoms with Crippen LogP contribution in [0.4, 0.5) is 13.2 Å². The zero-order valence-electron chi connectivity index (χ0n) is 7.43. The molecular weight excluding hydrogens is 326 g/mol. The third-order valence-electron chi connectivity index (χ3n) is 1.59. The van der Waals surface area contributed by atoms with Gasteiger partial charge in [0.05, 0.1) is 12.7 Å². The lowest BCUT2D eigenvalue weighted by Gasteiger charge is -2.11. The first-order chi connectivity index (χ1) is 6.88. The zero-order chi connectivity index (χ0) is 11.6. The summed E-state index contributed by atoms with van der Waals surface area (Å²) in [5.41, 5.74) is -1.58. The maximum Gasteiger partial charge on any atom is 0.419 e. The van der Waals surface area contributed by atoms with Crippen LogP contribution in [0.25, 0.3) is 0 Å². The standard InChI is InChI=1S/C8H5F3INO2/c1-15-7(14)4-2-3-13-6(12)5(4)8(9,10)11/h2-3H,1H3. The van der Waals surface area contributed by atoms with Crippen molar-refractivity contribution in [2.75, 3.05) is 7.11 Å². The maximum absolute atomic E-state index is 12.6. The number of ether oxygens (including phenoxy) is 1. The fourth-order valence-corrected chi connectivity index (χ4v) is 1.74. The summed E-state index contributed by atoms with van der Waals surface area (Å²) in [5, 5.41) is 0. The van der Waals surface area contributed by atoms with Crippen molar-refractivity contribution in [3.63, 3.8) is 0 Å². The van der Waals surface area contributed by atoms with Crippen molar-refractivity contribution < 1.29 is 22.7 Å². The molecule has 1 heterocycles.